The second kappa shape index (κ2) is 10.9. The number of fused-ring (bicyclic) bond motifs is 1. The van der Waals surface area contributed by atoms with Gasteiger partial charge in [-0.15, -0.1) is 11.3 Å². The molecule has 188 valence electrons. The normalized spacial score (nSPS) is 16.8. The van der Waals surface area contributed by atoms with Crippen LogP contribution in [0.5, 0.6) is 0 Å². The first kappa shape index (κ1) is 26.9. The lowest BCUT2D eigenvalue weighted by Gasteiger charge is -2.38. The van der Waals surface area contributed by atoms with Crippen molar-refractivity contribution in [2.24, 2.45) is 5.92 Å². The number of sulfonamides is 1. The molecule has 0 N–H and O–H groups in total. The second-order valence-electron chi connectivity index (χ2n) is 10.8. The Labute approximate surface area is 210 Å². The maximum Gasteiger partial charge on any atom is 0.238 e. The average molecular weight is 505 g/mol. The fourth-order valence-corrected chi connectivity index (χ4v) is 7.14. The molecule has 0 saturated carbocycles. The average Bonchev–Trinajstić information content (AvgIpc) is 3.24. The molecule has 34 heavy (non-hydrogen) atoms. The number of benzene rings is 1. The topological polar surface area (TPSA) is 57.7 Å². The van der Waals surface area contributed by atoms with Crippen molar-refractivity contribution in [2.75, 3.05) is 25.4 Å². The number of carbonyl (C=O) groups excluding carboxylic acids is 1. The third-order valence-corrected chi connectivity index (χ3v) is 9.27. The Kier molecular flexibility index (Phi) is 8.64. The monoisotopic (exact) mass is 504 g/mol. The summed E-state index contributed by atoms with van der Waals surface area (Å²) in [4.78, 5) is 16.9. The van der Waals surface area contributed by atoms with Crippen molar-refractivity contribution in [1.29, 1.82) is 0 Å². The van der Waals surface area contributed by atoms with Gasteiger partial charge in [0.1, 0.15) is 0 Å². The van der Waals surface area contributed by atoms with E-state index in [1.165, 1.54) is 14.7 Å². The molecular formula is C27H40N2O3S2. The van der Waals surface area contributed by atoms with Crippen molar-refractivity contribution in [2.45, 2.75) is 72.3 Å². The summed E-state index contributed by atoms with van der Waals surface area (Å²) in [5.41, 5.74) is 3.54. The maximum absolute atomic E-state index is 13.7. The first-order valence-corrected chi connectivity index (χ1v) is 14.9. The van der Waals surface area contributed by atoms with Crippen molar-refractivity contribution in [3.8, 4) is 0 Å². The highest BCUT2D eigenvalue weighted by atomic mass is 32.2. The lowest BCUT2D eigenvalue weighted by atomic mass is 9.85. The van der Waals surface area contributed by atoms with Gasteiger partial charge >= 0.3 is 0 Å². The summed E-state index contributed by atoms with van der Waals surface area (Å²) < 4.78 is 27.5. The molecular weight excluding hydrogens is 464 g/mol. The highest BCUT2D eigenvalue weighted by Crippen LogP contribution is 2.38. The molecule has 1 aliphatic heterocycles. The molecule has 1 unspecified atom stereocenters. The number of amides is 1. The van der Waals surface area contributed by atoms with Crippen molar-refractivity contribution < 1.29 is 13.2 Å². The summed E-state index contributed by atoms with van der Waals surface area (Å²) in [6.07, 6.45) is 2.22. The Balaban J connectivity index is 1.92. The molecule has 0 bridgehead atoms. The minimum atomic E-state index is -3.48. The Hall–Kier alpha value is -1.70. The van der Waals surface area contributed by atoms with Crippen LogP contribution in [0.2, 0.25) is 0 Å². The largest absolute Gasteiger partial charge is 0.330 e. The number of unbranched alkanes of at least 4 members (excludes halogenated alkanes) is 1. The Morgan fingerprint density at radius 2 is 1.85 bits per heavy atom. The summed E-state index contributed by atoms with van der Waals surface area (Å²) in [6.45, 7) is 13.4. The van der Waals surface area contributed by atoms with Crippen LogP contribution in [0.1, 0.15) is 82.0 Å². The van der Waals surface area contributed by atoms with E-state index >= 15 is 0 Å². The number of rotatable bonds is 9. The predicted molar refractivity (Wildman–Crippen MR) is 142 cm³/mol. The van der Waals surface area contributed by atoms with E-state index in [1.807, 2.05) is 25.7 Å². The molecule has 1 aliphatic rings. The predicted octanol–water partition coefficient (Wildman–Crippen LogP) is 5.61. The standard InChI is InChI=1S/C27H40N2O3S2/c1-7-8-17-34(31,32)28(18-20(2)3)19-25(30)29-15-13-24-23(14-16-33-24)26(29)21-9-11-22(12-10-21)27(4,5)6/h9-12,14,16,20,26H,7-8,13,15,17-19H2,1-6H3. The quantitative estimate of drug-likeness (QED) is 0.446. The maximum atomic E-state index is 13.7. The van der Waals surface area contributed by atoms with Crippen molar-refractivity contribution >= 4 is 27.3 Å². The fraction of sp³-hybridized carbons (Fsp3) is 0.593. The molecule has 1 amide bonds. The third kappa shape index (κ3) is 6.29. The minimum absolute atomic E-state index is 0.0539. The van der Waals surface area contributed by atoms with E-state index in [-0.39, 0.29) is 35.6 Å². The van der Waals surface area contributed by atoms with E-state index < -0.39 is 10.0 Å². The molecule has 2 heterocycles. The molecule has 2 aromatic rings. The molecule has 0 spiro atoms. The van der Waals surface area contributed by atoms with Gasteiger partial charge in [0.15, 0.2) is 0 Å². The molecule has 7 heteroatoms. The SMILES string of the molecule is CCCCS(=O)(=O)N(CC(=O)N1CCc2sccc2C1c1ccc(C(C)(C)C)cc1)CC(C)C. The molecule has 0 aliphatic carbocycles. The highest BCUT2D eigenvalue weighted by molar-refractivity contribution is 7.89. The van der Waals surface area contributed by atoms with Crippen LogP contribution in [0.25, 0.3) is 0 Å². The zero-order valence-electron chi connectivity index (χ0n) is 21.5. The Morgan fingerprint density at radius 3 is 2.44 bits per heavy atom. The van der Waals surface area contributed by atoms with Gasteiger partial charge in [-0.25, -0.2) is 8.42 Å². The fourth-order valence-electron chi connectivity index (χ4n) is 4.49. The molecule has 0 fully saturated rings. The molecule has 1 atom stereocenters. The molecule has 1 aromatic carbocycles. The summed E-state index contributed by atoms with van der Waals surface area (Å²) in [5.74, 6) is 0.118. The molecule has 0 saturated heterocycles. The van der Waals surface area contributed by atoms with Gasteiger partial charge in [-0.05, 0) is 52.3 Å². The number of hydrogen-bond donors (Lipinski definition) is 0. The van der Waals surface area contributed by atoms with Gasteiger partial charge in [0.2, 0.25) is 15.9 Å². The summed E-state index contributed by atoms with van der Waals surface area (Å²) in [6, 6.07) is 10.5. The second-order valence-corrected chi connectivity index (χ2v) is 13.9. The molecule has 5 nitrogen and oxygen atoms in total. The summed E-state index contributed by atoms with van der Waals surface area (Å²) in [7, 11) is -3.48. The van der Waals surface area contributed by atoms with E-state index in [0.717, 1.165) is 24.0 Å². The van der Waals surface area contributed by atoms with Crippen LogP contribution in [0.15, 0.2) is 35.7 Å². The van der Waals surface area contributed by atoms with E-state index in [2.05, 4.69) is 56.5 Å². The van der Waals surface area contributed by atoms with Crippen LogP contribution in [0.3, 0.4) is 0 Å². The third-order valence-electron chi connectivity index (χ3n) is 6.41. The molecule has 0 radical (unpaired) electrons. The number of thiophene rings is 1. The van der Waals surface area contributed by atoms with Crippen LogP contribution in [0, 0.1) is 5.92 Å². The number of hydrogen-bond acceptors (Lipinski definition) is 4. The van der Waals surface area contributed by atoms with Crippen LogP contribution >= 0.6 is 11.3 Å². The molecule has 3 rings (SSSR count). The van der Waals surface area contributed by atoms with Crippen LogP contribution in [-0.4, -0.2) is 48.9 Å². The van der Waals surface area contributed by atoms with Gasteiger partial charge in [0, 0.05) is 18.0 Å². The van der Waals surface area contributed by atoms with Crippen molar-refractivity contribution in [3.05, 3.63) is 57.3 Å². The smallest absolute Gasteiger partial charge is 0.238 e. The van der Waals surface area contributed by atoms with Gasteiger partial charge in [-0.2, -0.15) is 4.31 Å². The van der Waals surface area contributed by atoms with Gasteiger partial charge in [-0.1, -0.05) is 72.2 Å². The first-order chi connectivity index (χ1) is 15.9. The van der Waals surface area contributed by atoms with Gasteiger partial charge < -0.3 is 4.90 Å². The van der Waals surface area contributed by atoms with E-state index in [4.69, 9.17) is 0 Å². The van der Waals surface area contributed by atoms with E-state index in [1.54, 1.807) is 11.3 Å². The number of nitrogens with zero attached hydrogens (tertiary/aromatic N) is 2. The van der Waals surface area contributed by atoms with Gasteiger partial charge in [-0.3, -0.25) is 4.79 Å². The highest BCUT2D eigenvalue weighted by Gasteiger charge is 2.35. The lowest BCUT2D eigenvalue weighted by Crippen LogP contribution is -2.48. The van der Waals surface area contributed by atoms with Crippen LogP contribution < -0.4 is 0 Å². The van der Waals surface area contributed by atoms with Crippen LogP contribution in [0.4, 0.5) is 0 Å². The number of carbonyl (C=O) groups is 1. The van der Waals surface area contributed by atoms with Crippen molar-refractivity contribution in [1.82, 2.24) is 9.21 Å². The lowest BCUT2D eigenvalue weighted by molar-refractivity contribution is -0.133. The Morgan fingerprint density at radius 1 is 1.18 bits per heavy atom. The summed E-state index contributed by atoms with van der Waals surface area (Å²) >= 11 is 1.74. The van der Waals surface area contributed by atoms with E-state index in [9.17, 15) is 13.2 Å². The zero-order valence-corrected chi connectivity index (χ0v) is 23.1. The van der Waals surface area contributed by atoms with Crippen molar-refractivity contribution in [3.63, 3.8) is 0 Å². The van der Waals surface area contributed by atoms with E-state index in [0.29, 0.717) is 19.5 Å². The van der Waals surface area contributed by atoms with Gasteiger partial charge in [0.05, 0.1) is 18.3 Å². The summed E-state index contributed by atoms with van der Waals surface area (Å²) in [5, 5.41) is 2.09. The zero-order chi connectivity index (χ0) is 25.1. The van der Waals surface area contributed by atoms with Crippen LogP contribution in [-0.2, 0) is 26.7 Å². The van der Waals surface area contributed by atoms with Gasteiger partial charge in [0.25, 0.3) is 0 Å². The first-order valence-electron chi connectivity index (χ1n) is 12.4. The minimum Gasteiger partial charge on any atom is -0.330 e. The Bertz CT molecular complexity index is 1070. The molecule has 1 aromatic heterocycles.